The summed E-state index contributed by atoms with van der Waals surface area (Å²) in [6, 6.07) is 2.07. The summed E-state index contributed by atoms with van der Waals surface area (Å²) in [6.45, 7) is 6.78. The van der Waals surface area contributed by atoms with Crippen molar-refractivity contribution in [2.75, 3.05) is 26.8 Å². The zero-order chi connectivity index (χ0) is 13.1. The summed E-state index contributed by atoms with van der Waals surface area (Å²) in [6.07, 6.45) is 0.253. The van der Waals surface area contributed by atoms with Gasteiger partial charge in [0.05, 0.1) is 25.4 Å². The largest absolute Gasteiger partial charge is 0.465 e. The summed E-state index contributed by atoms with van der Waals surface area (Å²) in [5.41, 5.74) is 0.689. The Labute approximate surface area is 111 Å². The highest BCUT2D eigenvalue weighted by Crippen LogP contribution is 2.30. The lowest BCUT2D eigenvalue weighted by molar-refractivity contribution is -0.0315. The van der Waals surface area contributed by atoms with Gasteiger partial charge in [-0.15, -0.1) is 11.3 Å². The van der Waals surface area contributed by atoms with Crippen LogP contribution in [-0.2, 0) is 9.47 Å². The Morgan fingerprint density at radius 2 is 2.44 bits per heavy atom. The summed E-state index contributed by atoms with van der Waals surface area (Å²) in [5.74, 6) is -0.251. The average molecular weight is 269 g/mol. The Kier molecular flexibility index (Phi) is 4.37. The molecule has 1 aromatic heterocycles. The van der Waals surface area contributed by atoms with E-state index in [9.17, 15) is 4.79 Å². The highest BCUT2D eigenvalue weighted by Gasteiger charge is 2.26. The number of esters is 1. The number of hydrogen-bond donors (Lipinski definition) is 0. The van der Waals surface area contributed by atoms with Crippen molar-refractivity contribution in [1.82, 2.24) is 4.90 Å². The molecule has 100 valence electrons. The summed E-state index contributed by atoms with van der Waals surface area (Å²) in [4.78, 5) is 15.1. The summed E-state index contributed by atoms with van der Waals surface area (Å²) >= 11 is 1.61. The third kappa shape index (κ3) is 2.74. The summed E-state index contributed by atoms with van der Waals surface area (Å²) < 4.78 is 10.4. The molecule has 0 N–H and O–H groups in total. The quantitative estimate of drug-likeness (QED) is 0.789. The van der Waals surface area contributed by atoms with E-state index in [1.807, 2.05) is 11.4 Å². The number of carbonyl (C=O) groups excluding carboxylic acids is 1. The summed E-state index contributed by atoms with van der Waals surface area (Å²) in [7, 11) is 1.42. The van der Waals surface area contributed by atoms with Gasteiger partial charge >= 0.3 is 5.97 Å². The highest BCUT2D eigenvalue weighted by molar-refractivity contribution is 7.10. The molecule has 1 saturated heterocycles. The predicted molar refractivity (Wildman–Crippen MR) is 71.1 cm³/mol. The molecule has 0 saturated carbocycles. The molecule has 0 amide bonds. The third-order valence-electron chi connectivity index (χ3n) is 3.30. The number of morpholine rings is 1. The zero-order valence-corrected chi connectivity index (χ0v) is 11.8. The number of nitrogens with zero attached hydrogens (tertiary/aromatic N) is 1. The lowest BCUT2D eigenvalue weighted by Gasteiger charge is -2.35. The maximum absolute atomic E-state index is 11.7. The first-order chi connectivity index (χ1) is 8.63. The Balaban J connectivity index is 2.15. The molecule has 1 aliphatic rings. The molecule has 2 rings (SSSR count). The molecular formula is C13H19NO3S. The Bertz CT molecular complexity index is 418. The van der Waals surface area contributed by atoms with Gasteiger partial charge in [0, 0.05) is 24.0 Å². The fourth-order valence-electron chi connectivity index (χ4n) is 2.29. The lowest BCUT2D eigenvalue weighted by atomic mass is 10.1. The van der Waals surface area contributed by atoms with Crippen molar-refractivity contribution in [3.8, 4) is 0 Å². The third-order valence-corrected chi connectivity index (χ3v) is 4.39. The molecule has 0 bridgehead atoms. The van der Waals surface area contributed by atoms with Crippen LogP contribution in [0.2, 0.25) is 0 Å². The van der Waals surface area contributed by atoms with Crippen molar-refractivity contribution >= 4 is 17.3 Å². The van der Waals surface area contributed by atoms with Crippen LogP contribution in [0.5, 0.6) is 0 Å². The molecule has 4 nitrogen and oxygen atoms in total. The van der Waals surface area contributed by atoms with Gasteiger partial charge in [-0.25, -0.2) is 4.79 Å². The van der Waals surface area contributed by atoms with Crippen LogP contribution in [0.1, 0.15) is 35.1 Å². The van der Waals surface area contributed by atoms with Gasteiger partial charge in [0.1, 0.15) is 0 Å². The van der Waals surface area contributed by atoms with E-state index in [2.05, 4.69) is 18.7 Å². The van der Waals surface area contributed by atoms with Gasteiger partial charge in [0.15, 0.2) is 0 Å². The van der Waals surface area contributed by atoms with E-state index < -0.39 is 0 Å². The maximum Gasteiger partial charge on any atom is 0.339 e. The van der Waals surface area contributed by atoms with E-state index in [0.29, 0.717) is 5.56 Å². The van der Waals surface area contributed by atoms with Crippen molar-refractivity contribution < 1.29 is 14.3 Å². The molecule has 0 spiro atoms. The van der Waals surface area contributed by atoms with E-state index in [-0.39, 0.29) is 18.1 Å². The predicted octanol–water partition coefficient (Wildman–Crippen LogP) is 2.32. The van der Waals surface area contributed by atoms with Crippen molar-refractivity contribution in [3.63, 3.8) is 0 Å². The minimum absolute atomic E-state index is 0.227. The van der Waals surface area contributed by atoms with Gasteiger partial charge in [0.2, 0.25) is 0 Å². The van der Waals surface area contributed by atoms with Crippen LogP contribution in [0.4, 0.5) is 0 Å². The second-order valence-corrected chi connectivity index (χ2v) is 5.49. The average Bonchev–Trinajstić information content (AvgIpc) is 2.86. The van der Waals surface area contributed by atoms with E-state index in [0.717, 1.165) is 24.6 Å². The van der Waals surface area contributed by atoms with Gasteiger partial charge in [-0.3, -0.25) is 4.90 Å². The molecule has 0 aromatic carbocycles. The van der Waals surface area contributed by atoms with E-state index in [1.54, 1.807) is 11.3 Å². The second-order valence-electron chi connectivity index (χ2n) is 4.54. The van der Waals surface area contributed by atoms with Crippen LogP contribution in [0.3, 0.4) is 0 Å². The van der Waals surface area contributed by atoms with Crippen molar-refractivity contribution in [1.29, 1.82) is 0 Å². The van der Waals surface area contributed by atoms with Crippen LogP contribution in [-0.4, -0.2) is 43.8 Å². The van der Waals surface area contributed by atoms with Crippen molar-refractivity contribution in [3.05, 3.63) is 21.9 Å². The van der Waals surface area contributed by atoms with Crippen LogP contribution in [0.15, 0.2) is 11.4 Å². The minimum Gasteiger partial charge on any atom is -0.465 e. The van der Waals surface area contributed by atoms with Crippen molar-refractivity contribution in [2.24, 2.45) is 0 Å². The first-order valence-corrected chi connectivity index (χ1v) is 7.02. The SMILES string of the molecule is COC(=O)c1ccsc1C(C)N1CCOC(C)C1. The standard InChI is InChI=1S/C13H19NO3S/c1-9-8-14(5-6-17-9)10(2)12-11(4-7-18-12)13(15)16-3/h4,7,9-10H,5-6,8H2,1-3H3. The monoisotopic (exact) mass is 269 g/mol. The molecular weight excluding hydrogens is 250 g/mol. The molecule has 2 heterocycles. The molecule has 18 heavy (non-hydrogen) atoms. The highest BCUT2D eigenvalue weighted by atomic mass is 32.1. The Hall–Kier alpha value is -0.910. The number of rotatable bonds is 3. The molecule has 1 aliphatic heterocycles. The van der Waals surface area contributed by atoms with E-state index >= 15 is 0 Å². The first-order valence-electron chi connectivity index (χ1n) is 6.14. The number of methoxy groups -OCH3 is 1. The zero-order valence-electron chi connectivity index (χ0n) is 11.0. The molecule has 2 atom stereocenters. The van der Waals surface area contributed by atoms with E-state index in [1.165, 1.54) is 7.11 Å². The van der Waals surface area contributed by atoms with Crippen LogP contribution >= 0.6 is 11.3 Å². The smallest absolute Gasteiger partial charge is 0.339 e. The maximum atomic E-state index is 11.7. The number of thiophene rings is 1. The van der Waals surface area contributed by atoms with Crippen LogP contribution in [0.25, 0.3) is 0 Å². The topological polar surface area (TPSA) is 38.8 Å². The first kappa shape index (κ1) is 13.5. The number of hydrogen-bond acceptors (Lipinski definition) is 5. The van der Waals surface area contributed by atoms with Crippen molar-refractivity contribution in [2.45, 2.75) is 26.0 Å². The number of carbonyl (C=O) groups is 1. The molecule has 0 aliphatic carbocycles. The minimum atomic E-state index is -0.251. The van der Waals surface area contributed by atoms with Gasteiger partial charge in [-0.2, -0.15) is 0 Å². The van der Waals surface area contributed by atoms with Gasteiger partial charge in [-0.1, -0.05) is 0 Å². The Morgan fingerprint density at radius 1 is 1.67 bits per heavy atom. The van der Waals surface area contributed by atoms with Crippen LogP contribution < -0.4 is 0 Å². The van der Waals surface area contributed by atoms with Gasteiger partial charge < -0.3 is 9.47 Å². The van der Waals surface area contributed by atoms with Gasteiger partial charge in [-0.05, 0) is 25.3 Å². The normalized spacial score (nSPS) is 22.7. The Morgan fingerprint density at radius 3 is 3.11 bits per heavy atom. The molecule has 1 fully saturated rings. The molecule has 5 heteroatoms. The second kappa shape index (κ2) is 5.82. The lowest BCUT2D eigenvalue weighted by Crippen LogP contribution is -2.42. The fourth-order valence-corrected chi connectivity index (χ4v) is 3.26. The molecule has 2 unspecified atom stereocenters. The van der Waals surface area contributed by atoms with E-state index in [4.69, 9.17) is 9.47 Å². The fraction of sp³-hybridized carbons (Fsp3) is 0.615. The molecule has 1 aromatic rings. The number of ether oxygens (including phenoxy) is 2. The van der Waals surface area contributed by atoms with Crippen LogP contribution in [0, 0.1) is 0 Å². The summed E-state index contributed by atoms with van der Waals surface area (Å²) in [5, 5.41) is 1.95. The molecule has 0 radical (unpaired) electrons. The van der Waals surface area contributed by atoms with Gasteiger partial charge in [0.25, 0.3) is 0 Å².